The molecule has 28 heavy (non-hydrogen) atoms. The highest BCUT2D eigenvalue weighted by Gasteiger charge is 2.41. The second kappa shape index (κ2) is 9.32. The van der Waals surface area contributed by atoms with Gasteiger partial charge in [0.05, 0.1) is 31.4 Å². The van der Waals surface area contributed by atoms with Crippen molar-refractivity contribution < 1.29 is 19.4 Å². The molecule has 1 saturated heterocycles. The summed E-state index contributed by atoms with van der Waals surface area (Å²) in [6, 6.07) is 9.39. The minimum Gasteiger partial charge on any atom is -0.395 e. The first kappa shape index (κ1) is 20.5. The van der Waals surface area contributed by atoms with E-state index in [1.54, 1.807) is 0 Å². The van der Waals surface area contributed by atoms with Crippen molar-refractivity contribution in [1.29, 1.82) is 0 Å². The quantitative estimate of drug-likeness (QED) is 0.666. The molecule has 1 aromatic rings. The van der Waals surface area contributed by atoms with Crippen molar-refractivity contribution >= 4 is 17.4 Å². The van der Waals surface area contributed by atoms with Crippen molar-refractivity contribution in [2.75, 3.05) is 52.5 Å². The number of amides is 2. The van der Waals surface area contributed by atoms with Crippen molar-refractivity contribution in [3.63, 3.8) is 0 Å². The molecular formula is C21H29N3O4. The van der Waals surface area contributed by atoms with Crippen molar-refractivity contribution in [3.05, 3.63) is 41.6 Å². The van der Waals surface area contributed by atoms with E-state index >= 15 is 0 Å². The molecule has 7 heteroatoms. The minimum absolute atomic E-state index is 0.0495. The molecule has 2 amide bonds. The van der Waals surface area contributed by atoms with Gasteiger partial charge in [0.2, 0.25) is 0 Å². The molecule has 0 aromatic heterocycles. The number of piperazine rings is 1. The zero-order chi connectivity index (χ0) is 20.1. The number of ether oxygens (including phenoxy) is 1. The summed E-state index contributed by atoms with van der Waals surface area (Å²) in [5.41, 5.74) is 1.73. The van der Waals surface area contributed by atoms with Crippen LogP contribution in [0.25, 0.3) is 5.57 Å². The van der Waals surface area contributed by atoms with E-state index in [1.807, 2.05) is 49.1 Å². The van der Waals surface area contributed by atoms with Gasteiger partial charge in [-0.1, -0.05) is 30.3 Å². The molecule has 0 radical (unpaired) electrons. The predicted molar refractivity (Wildman–Crippen MR) is 106 cm³/mol. The van der Waals surface area contributed by atoms with Gasteiger partial charge in [0.25, 0.3) is 11.8 Å². The van der Waals surface area contributed by atoms with E-state index in [1.165, 1.54) is 4.90 Å². The fourth-order valence-corrected chi connectivity index (χ4v) is 3.64. The van der Waals surface area contributed by atoms with Crippen LogP contribution in [0.15, 0.2) is 36.0 Å². The van der Waals surface area contributed by atoms with Gasteiger partial charge in [0.1, 0.15) is 5.70 Å². The number of rotatable bonds is 8. The van der Waals surface area contributed by atoms with Crippen LogP contribution < -0.4 is 0 Å². The van der Waals surface area contributed by atoms with Gasteiger partial charge in [-0.2, -0.15) is 0 Å². The highest BCUT2D eigenvalue weighted by Crippen LogP contribution is 2.32. The molecule has 152 valence electrons. The fourth-order valence-electron chi connectivity index (χ4n) is 3.64. The molecule has 2 aliphatic rings. The highest BCUT2D eigenvalue weighted by molar-refractivity contribution is 6.35. The number of nitrogens with zero attached hydrogens (tertiary/aromatic N) is 3. The number of hydrogen-bond acceptors (Lipinski definition) is 6. The van der Waals surface area contributed by atoms with Crippen LogP contribution in [0.5, 0.6) is 0 Å². The number of carbonyl (C=O) groups is 2. The first-order valence-electron chi connectivity index (χ1n) is 9.88. The smallest absolute Gasteiger partial charge is 0.277 e. The first-order valence-corrected chi connectivity index (χ1v) is 9.88. The number of hydrogen-bond donors (Lipinski definition) is 1. The average Bonchev–Trinajstić information content (AvgIpc) is 2.94. The van der Waals surface area contributed by atoms with Crippen molar-refractivity contribution in [1.82, 2.24) is 14.7 Å². The van der Waals surface area contributed by atoms with E-state index in [4.69, 9.17) is 9.84 Å². The van der Waals surface area contributed by atoms with Crippen molar-refractivity contribution in [3.8, 4) is 0 Å². The van der Waals surface area contributed by atoms with Gasteiger partial charge >= 0.3 is 0 Å². The lowest BCUT2D eigenvalue weighted by Crippen LogP contribution is -2.48. The third kappa shape index (κ3) is 4.43. The Bertz CT molecular complexity index is 724. The van der Waals surface area contributed by atoms with Crippen molar-refractivity contribution in [2.45, 2.75) is 20.0 Å². The molecule has 0 unspecified atom stereocenters. The fraction of sp³-hybridized carbons (Fsp3) is 0.524. The zero-order valence-electron chi connectivity index (χ0n) is 16.6. The predicted octanol–water partition coefficient (Wildman–Crippen LogP) is 0.801. The lowest BCUT2D eigenvalue weighted by Gasteiger charge is -2.36. The Labute approximate surface area is 166 Å². The van der Waals surface area contributed by atoms with Crippen LogP contribution in [-0.2, 0) is 14.3 Å². The van der Waals surface area contributed by atoms with Crippen LogP contribution in [-0.4, -0.2) is 90.2 Å². The Morgan fingerprint density at radius 3 is 2.29 bits per heavy atom. The Kier molecular flexibility index (Phi) is 6.83. The Morgan fingerprint density at radius 2 is 1.68 bits per heavy atom. The largest absolute Gasteiger partial charge is 0.395 e. The van der Waals surface area contributed by atoms with Gasteiger partial charge < -0.3 is 14.7 Å². The number of aliphatic hydroxyl groups is 1. The van der Waals surface area contributed by atoms with E-state index in [0.29, 0.717) is 37.5 Å². The summed E-state index contributed by atoms with van der Waals surface area (Å²) in [4.78, 5) is 31.8. The van der Waals surface area contributed by atoms with Crippen LogP contribution >= 0.6 is 0 Å². The summed E-state index contributed by atoms with van der Waals surface area (Å²) in [7, 11) is 0. The number of imide groups is 1. The molecule has 0 saturated carbocycles. The molecule has 0 atom stereocenters. The van der Waals surface area contributed by atoms with E-state index in [-0.39, 0.29) is 31.1 Å². The minimum atomic E-state index is -0.253. The van der Waals surface area contributed by atoms with Gasteiger partial charge in [-0.3, -0.25) is 19.4 Å². The monoisotopic (exact) mass is 387 g/mol. The van der Waals surface area contributed by atoms with Gasteiger partial charge in [-0.05, 0) is 19.4 Å². The zero-order valence-corrected chi connectivity index (χ0v) is 16.6. The number of carbonyl (C=O) groups excluding carboxylic acids is 2. The molecule has 0 bridgehead atoms. The molecule has 0 aliphatic carbocycles. The van der Waals surface area contributed by atoms with Crippen LogP contribution in [0.1, 0.15) is 19.4 Å². The third-order valence-corrected chi connectivity index (χ3v) is 5.08. The molecule has 0 spiro atoms. The Hall–Kier alpha value is -2.22. The molecule has 7 nitrogen and oxygen atoms in total. The number of benzene rings is 1. The van der Waals surface area contributed by atoms with E-state index in [2.05, 4.69) is 4.90 Å². The summed E-state index contributed by atoms with van der Waals surface area (Å²) >= 11 is 0. The summed E-state index contributed by atoms with van der Waals surface area (Å²) in [5, 5.41) is 9.14. The highest BCUT2D eigenvalue weighted by atomic mass is 16.5. The number of β-amino-alcohol motifs (C(OH)–C–C–N with tert-alkyl or cyclic N) is 1. The molecule has 1 fully saturated rings. The summed E-state index contributed by atoms with van der Waals surface area (Å²) in [6.45, 7) is 8.01. The lowest BCUT2D eigenvalue weighted by atomic mass is 10.0. The van der Waals surface area contributed by atoms with Crippen LogP contribution in [0.3, 0.4) is 0 Å². The summed E-state index contributed by atoms with van der Waals surface area (Å²) in [6.07, 6.45) is 0.0495. The maximum Gasteiger partial charge on any atom is 0.277 e. The van der Waals surface area contributed by atoms with Crippen LogP contribution in [0, 0.1) is 0 Å². The molecule has 2 heterocycles. The van der Waals surface area contributed by atoms with Crippen LogP contribution in [0.4, 0.5) is 0 Å². The maximum atomic E-state index is 13.2. The standard InChI is InChI=1S/C21H29N3O4/c1-16(2)28-15-13-24-20(26)18(17-6-4-3-5-7-17)19(21(24)27)23-10-8-22(9-11-23)12-14-25/h3-7,16,25H,8-15H2,1-2H3. The van der Waals surface area contributed by atoms with E-state index in [9.17, 15) is 9.59 Å². The van der Waals surface area contributed by atoms with Gasteiger partial charge in [0.15, 0.2) is 0 Å². The van der Waals surface area contributed by atoms with Crippen molar-refractivity contribution in [2.24, 2.45) is 0 Å². The van der Waals surface area contributed by atoms with E-state index < -0.39 is 0 Å². The summed E-state index contributed by atoms with van der Waals surface area (Å²) in [5.74, 6) is -0.497. The molecule has 1 N–H and O–H groups in total. The second-order valence-electron chi connectivity index (χ2n) is 7.32. The normalized spacial score (nSPS) is 18.7. The Balaban J connectivity index is 1.85. The van der Waals surface area contributed by atoms with Crippen LogP contribution in [0.2, 0.25) is 0 Å². The maximum absolute atomic E-state index is 13.2. The topological polar surface area (TPSA) is 73.3 Å². The molecular weight excluding hydrogens is 358 g/mol. The van der Waals surface area contributed by atoms with Gasteiger partial charge in [-0.25, -0.2) is 0 Å². The average molecular weight is 387 g/mol. The molecule has 1 aromatic carbocycles. The molecule has 2 aliphatic heterocycles. The number of aliphatic hydroxyl groups excluding tert-OH is 1. The van der Waals surface area contributed by atoms with Gasteiger partial charge in [0, 0.05) is 32.7 Å². The van der Waals surface area contributed by atoms with Gasteiger partial charge in [-0.15, -0.1) is 0 Å². The lowest BCUT2D eigenvalue weighted by molar-refractivity contribution is -0.138. The molecule has 3 rings (SSSR count). The summed E-state index contributed by atoms with van der Waals surface area (Å²) < 4.78 is 5.55. The third-order valence-electron chi connectivity index (χ3n) is 5.08. The SMILES string of the molecule is CC(C)OCCN1C(=O)C(c2ccccc2)=C(N2CCN(CCO)CC2)C1=O. The first-order chi connectivity index (χ1) is 13.5. The Morgan fingerprint density at radius 1 is 1.00 bits per heavy atom. The second-order valence-corrected chi connectivity index (χ2v) is 7.32. The van der Waals surface area contributed by atoms with E-state index in [0.717, 1.165) is 18.7 Å².